The quantitative estimate of drug-likeness (QED) is 0.855. The highest BCUT2D eigenvalue weighted by atomic mass is 16.5. The fraction of sp³-hybridized carbons (Fsp3) is 0.182. The molecule has 3 N–H and O–H groups in total. The van der Waals surface area contributed by atoms with Crippen molar-refractivity contribution in [2.45, 2.75) is 24.7 Å². The van der Waals surface area contributed by atoms with Crippen LogP contribution in [0.4, 0.5) is 0 Å². The summed E-state index contributed by atoms with van der Waals surface area (Å²) in [7, 11) is 0. The summed E-state index contributed by atoms with van der Waals surface area (Å²) in [6, 6.07) is 18.5. The number of carbonyl (C=O) groups is 1. The van der Waals surface area contributed by atoms with Crippen molar-refractivity contribution in [3.63, 3.8) is 0 Å². The zero-order valence-electron chi connectivity index (χ0n) is 14.6. The lowest BCUT2D eigenvalue weighted by atomic mass is 9.73. The van der Waals surface area contributed by atoms with E-state index in [9.17, 15) is 15.2 Å². The molecule has 134 valence electrons. The molecule has 5 heteroatoms. The summed E-state index contributed by atoms with van der Waals surface area (Å²) in [5.74, 6) is -0.0500. The van der Waals surface area contributed by atoms with E-state index >= 15 is 0 Å². The molecule has 5 nitrogen and oxygen atoms in total. The minimum atomic E-state index is -0.616. The van der Waals surface area contributed by atoms with Gasteiger partial charge in [-0.2, -0.15) is 5.26 Å². The Morgan fingerprint density at radius 1 is 1.07 bits per heavy atom. The normalized spacial score (nSPS) is 22.1. The molecule has 0 bridgehead atoms. The molecule has 0 saturated heterocycles. The molecular formula is C22H18N2O3. The molecule has 0 radical (unpaired) electrons. The Balaban J connectivity index is 1.80. The van der Waals surface area contributed by atoms with Crippen LogP contribution >= 0.6 is 0 Å². The summed E-state index contributed by atoms with van der Waals surface area (Å²) >= 11 is 0. The Kier molecular flexibility index (Phi) is 4.17. The van der Waals surface area contributed by atoms with E-state index in [1.807, 2.05) is 30.3 Å². The molecule has 2 aliphatic rings. The summed E-state index contributed by atoms with van der Waals surface area (Å²) in [5.41, 5.74) is 8.41. The number of allylic oxidation sites excluding steroid dienone is 3. The van der Waals surface area contributed by atoms with Gasteiger partial charge in [-0.15, -0.1) is 0 Å². The van der Waals surface area contributed by atoms with Gasteiger partial charge in [0.15, 0.2) is 5.78 Å². The third kappa shape index (κ3) is 2.96. The first-order valence-electron chi connectivity index (χ1n) is 8.76. The van der Waals surface area contributed by atoms with E-state index in [0.717, 1.165) is 5.56 Å². The van der Waals surface area contributed by atoms with E-state index in [4.69, 9.17) is 10.5 Å². The average Bonchev–Trinajstić information content (AvgIpc) is 2.67. The highest BCUT2D eigenvalue weighted by Crippen LogP contribution is 2.46. The van der Waals surface area contributed by atoms with Crippen molar-refractivity contribution in [3.05, 3.63) is 88.5 Å². The molecule has 0 fully saturated rings. The molecule has 0 aromatic heterocycles. The summed E-state index contributed by atoms with van der Waals surface area (Å²) < 4.78 is 5.73. The van der Waals surface area contributed by atoms with Gasteiger partial charge in [0.2, 0.25) is 5.88 Å². The highest BCUT2D eigenvalue weighted by molar-refractivity contribution is 6.00. The van der Waals surface area contributed by atoms with Crippen LogP contribution in [-0.4, -0.2) is 10.9 Å². The largest absolute Gasteiger partial charge is 0.508 e. The molecule has 0 unspecified atom stereocenters. The number of nitriles is 1. The smallest absolute Gasteiger partial charge is 0.205 e. The third-order valence-electron chi connectivity index (χ3n) is 5.14. The number of ketones is 1. The zero-order valence-corrected chi connectivity index (χ0v) is 14.6. The Morgan fingerprint density at radius 3 is 2.52 bits per heavy atom. The summed E-state index contributed by atoms with van der Waals surface area (Å²) in [5, 5.41) is 19.5. The Morgan fingerprint density at radius 2 is 1.81 bits per heavy atom. The van der Waals surface area contributed by atoms with Crippen molar-refractivity contribution in [2.75, 3.05) is 0 Å². The van der Waals surface area contributed by atoms with E-state index in [0.29, 0.717) is 29.7 Å². The number of rotatable bonds is 2. The van der Waals surface area contributed by atoms with Gasteiger partial charge in [0.25, 0.3) is 0 Å². The minimum Gasteiger partial charge on any atom is -0.508 e. The van der Waals surface area contributed by atoms with Crippen LogP contribution in [0.15, 0.2) is 77.4 Å². The van der Waals surface area contributed by atoms with Crippen LogP contribution in [0.3, 0.4) is 0 Å². The molecule has 2 aromatic rings. The van der Waals surface area contributed by atoms with Crippen LogP contribution in [-0.2, 0) is 9.53 Å². The van der Waals surface area contributed by atoms with Gasteiger partial charge in [-0.25, -0.2) is 0 Å². The number of aromatic hydroxyl groups is 1. The highest BCUT2D eigenvalue weighted by Gasteiger charge is 2.40. The van der Waals surface area contributed by atoms with Gasteiger partial charge in [-0.1, -0.05) is 42.5 Å². The second-order valence-electron chi connectivity index (χ2n) is 6.80. The number of phenols is 1. The maximum absolute atomic E-state index is 13.1. The monoisotopic (exact) mass is 358 g/mol. The molecule has 27 heavy (non-hydrogen) atoms. The molecule has 0 saturated carbocycles. The number of benzene rings is 2. The fourth-order valence-electron chi connectivity index (χ4n) is 3.91. The molecular weight excluding hydrogens is 340 g/mol. The SMILES string of the molecule is N#CC1=C(N)OC2=C(C(=O)C[C@H](c3ccccc3)C2)[C@@H]1c1cccc(O)c1. The standard InChI is InChI=1S/C22H18N2O3/c23-12-17-20(14-7-4-8-16(25)9-14)21-18(26)10-15(11-19(21)27-22(17)24)13-5-2-1-3-6-13/h1-9,15,20,25H,10-11,24H2/t15-,20+/m0/s1. The summed E-state index contributed by atoms with van der Waals surface area (Å²) in [4.78, 5) is 13.1. The minimum absolute atomic E-state index is 0.0127. The number of Topliss-reactive ketones (excluding diaryl/α,β-unsaturated/α-hetero) is 1. The third-order valence-corrected chi connectivity index (χ3v) is 5.14. The van der Waals surface area contributed by atoms with Gasteiger partial charge in [0.05, 0.1) is 5.92 Å². The number of nitrogens with zero attached hydrogens (tertiary/aromatic N) is 1. The van der Waals surface area contributed by atoms with Gasteiger partial charge < -0.3 is 15.6 Å². The molecule has 1 aliphatic heterocycles. The molecule has 2 atom stereocenters. The van der Waals surface area contributed by atoms with Gasteiger partial charge in [0, 0.05) is 18.4 Å². The average molecular weight is 358 g/mol. The van der Waals surface area contributed by atoms with Crippen LogP contribution in [0.25, 0.3) is 0 Å². The molecule has 1 heterocycles. The van der Waals surface area contributed by atoms with Crippen molar-refractivity contribution >= 4 is 5.78 Å². The van der Waals surface area contributed by atoms with Crippen molar-refractivity contribution in [2.24, 2.45) is 5.73 Å². The van der Waals surface area contributed by atoms with E-state index in [-0.39, 0.29) is 28.9 Å². The fourth-order valence-corrected chi connectivity index (χ4v) is 3.91. The van der Waals surface area contributed by atoms with Crippen LogP contribution in [0, 0.1) is 11.3 Å². The lowest BCUT2D eigenvalue weighted by Crippen LogP contribution is -2.29. The first kappa shape index (κ1) is 16.9. The summed E-state index contributed by atoms with van der Waals surface area (Å²) in [6.45, 7) is 0. The predicted molar refractivity (Wildman–Crippen MR) is 99.2 cm³/mol. The Bertz CT molecular complexity index is 1020. The van der Waals surface area contributed by atoms with Gasteiger partial charge in [-0.3, -0.25) is 4.79 Å². The molecule has 0 amide bonds. The van der Waals surface area contributed by atoms with Crippen molar-refractivity contribution in [1.29, 1.82) is 5.26 Å². The van der Waals surface area contributed by atoms with E-state index in [1.54, 1.807) is 24.3 Å². The number of hydrogen-bond acceptors (Lipinski definition) is 5. The van der Waals surface area contributed by atoms with Gasteiger partial charge in [0.1, 0.15) is 23.2 Å². The molecule has 2 aromatic carbocycles. The first-order chi connectivity index (χ1) is 13.1. The van der Waals surface area contributed by atoms with Crippen molar-refractivity contribution in [3.8, 4) is 11.8 Å². The number of carbonyl (C=O) groups excluding carboxylic acids is 1. The number of nitrogens with two attached hydrogens (primary N) is 1. The second-order valence-corrected chi connectivity index (χ2v) is 6.80. The van der Waals surface area contributed by atoms with Crippen LogP contribution in [0.2, 0.25) is 0 Å². The molecule has 0 spiro atoms. The number of phenolic OH excluding ortho intramolecular Hbond substituents is 1. The Hall–Kier alpha value is -3.52. The first-order valence-corrected chi connectivity index (χ1v) is 8.76. The van der Waals surface area contributed by atoms with Crippen molar-refractivity contribution in [1.82, 2.24) is 0 Å². The lowest BCUT2D eigenvalue weighted by Gasteiger charge is -2.34. The Labute approximate surface area is 157 Å². The predicted octanol–water partition coefficient (Wildman–Crippen LogP) is 3.60. The number of ether oxygens (including phenoxy) is 1. The van der Waals surface area contributed by atoms with Crippen molar-refractivity contribution < 1.29 is 14.6 Å². The topological polar surface area (TPSA) is 96.3 Å². The maximum atomic E-state index is 13.1. The molecule has 4 rings (SSSR count). The molecule has 1 aliphatic carbocycles. The van der Waals surface area contributed by atoms with Crippen LogP contribution < -0.4 is 5.73 Å². The lowest BCUT2D eigenvalue weighted by molar-refractivity contribution is -0.117. The van der Waals surface area contributed by atoms with Gasteiger partial charge in [-0.05, 0) is 29.2 Å². The summed E-state index contributed by atoms with van der Waals surface area (Å²) in [6.07, 6.45) is 0.889. The van der Waals surface area contributed by atoms with Crippen LogP contribution in [0.1, 0.15) is 35.8 Å². The van der Waals surface area contributed by atoms with E-state index < -0.39 is 5.92 Å². The van der Waals surface area contributed by atoms with E-state index in [2.05, 4.69) is 6.07 Å². The zero-order chi connectivity index (χ0) is 19.0. The van der Waals surface area contributed by atoms with Gasteiger partial charge >= 0.3 is 0 Å². The maximum Gasteiger partial charge on any atom is 0.205 e. The van der Waals surface area contributed by atoms with E-state index in [1.165, 1.54) is 0 Å². The number of hydrogen-bond donors (Lipinski definition) is 2. The van der Waals surface area contributed by atoms with Crippen LogP contribution in [0.5, 0.6) is 5.75 Å². The second kappa shape index (κ2) is 6.65.